The monoisotopic (exact) mass is 155 g/mol. The van der Waals surface area contributed by atoms with Gasteiger partial charge in [0.05, 0.1) is 0 Å². The van der Waals surface area contributed by atoms with Crippen LogP contribution in [0.1, 0.15) is 0 Å². The number of carbonyl (C=O) groups is 1. The molecule has 0 rings (SSSR count). The molecule has 0 spiro atoms. The molecule has 3 N–H and O–H groups in total. The minimum Gasteiger partial charge on any atom is -0.480 e. The van der Waals surface area contributed by atoms with Crippen LogP contribution in [0.2, 0.25) is 0 Å². The maximum absolute atomic E-state index is 9.72. The van der Waals surface area contributed by atoms with Crippen molar-refractivity contribution in [1.29, 1.82) is 0 Å². The maximum Gasteiger partial charge on any atom is 0.333 e. The Morgan fingerprint density at radius 2 is 2.00 bits per heavy atom. The van der Waals surface area contributed by atoms with E-state index in [0.717, 1.165) is 0 Å². The van der Waals surface area contributed by atoms with E-state index in [1.807, 2.05) is 0 Å². The lowest BCUT2D eigenvalue weighted by Crippen LogP contribution is -2.28. The van der Waals surface area contributed by atoms with Gasteiger partial charge in [-0.1, -0.05) is 0 Å². The largest absolute Gasteiger partial charge is 0.480 e. The van der Waals surface area contributed by atoms with Gasteiger partial charge in [0.15, 0.2) is 0 Å². The summed E-state index contributed by atoms with van der Waals surface area (Å²) in [5.41, 5.74) is 0. The summed E-state index contributed by atoms with van der Waals surface area (Å²) in [6, 6.07) is 0. The molecule has 0 aromatic heterocycles. The van der Waals surface area contributed by atoms with E-state index >= 15 is 0 Å². The van der Waals surface area contributed by atoms with Crippen LogP contribution in [0.5, 0.6) is 0 Å². The standard InChI is InChI=1S/C2H5NO5S/c4-2(5)1-3-9(6,7)8/h3H,1H2,(H,4,5)(H,6,7,8). The van der Waals surface area contributed by atoms with Crippen molar-refractivity contribution in [2.75, 3.05) is 6.54 Å². The first-order valence-electron chi connectivity index (χ1n) is 1.85. The predicted octanol–water partition coefficient (Wildman–Crippen LogP) is -1.54. The number of aliphatic carboxylic acids is 1. The van der Waals surface area contributed by atoms with Gasteiger partial charge in [0.2, 0.25) is 0 Å². The summed E-state index contributed by atoms with van der Waals surface area (Å²) in [7, 11) is -4.35. The molecule has 0 aliphatic rings. The van der Waals surface area contributed by atoms with Crippen LogP contribution in [0.15, 0.2) is 0 Å². The lowest BCUT2D eigenvalue weighted by atomic mass is 10.7. The van der Waals surface area contributed by atoms with Gasteiger partial charge in [0, 0.05) is 0 Å². The molecule has 0 saturated heterocycles. The summed E-state index contributed by atoms with van der Waals surface area (Å²) in [6.07, 6.45) is 0. The van der Waals surface area contributed by atoms with Crippen LogP contribution >= 0.6 is 0 Å². The average Bonchev–Trinajstić information content (AvgIpc) is 1.59. The maximum atomic E-state index is 9.72. The molecule has 0 aromatic carbocycles. The number of nitrogens with one attached hydrogen (secondary N) is 1. The molecular weight excluding hydrogens is 150 g/mol. The van der Waals surface area contributed by atoms with E-state index in [1.54, 1.807) is 0 Å². The highest BCUT2D eigenvalue weighted by Gasteiger charge is 2.04. The summed E-state index contributed by atoms with van der Waals surface area (Å²) in [6.45, 7) is -0.807. The lowest BCUT2D eigenvalue weighted by Gasteiger charge is -1.92. The van der Waals surface area contributed by atoms with Crippen molar-refractivity contribution >= 4 is 16.3 Å². The third-order valence-corrected chi connectivity index (χ3v) is 0.915. The van der Waals surface area contributed by atoms with Crippen LogP contribution in [0.25, 0.3) is 0 Å². The molecule has 0 aromatic rings. The molecule has 0 heterocycles. The first kappa shape index (κ1) is 8.34. The molecule has 0 unspecified atom stereocenters. The molecule has 6 nitrogen and oxygen atoms in total. The van der Waals surface area contributed by atoms with E-state index in [0.29, 0.717) is 0 Å². The second-order valence-electron chi connectivity index (χ2n) is 1.19. The van der Waals surface area contributed by atoms with Crippen LogP contribution in [-0.4, -0.2) is 30.6 Å². The molecule has 54 valence electrons. The minimum absolute atomic E-state index is 0.807. The fourth-order valence-electron chi connectivity index (χ4n) is 0.153. The first-order valence-corrected chi connectivity index (χ1v) is 3.29. The second kappa shape index (κ2) is 2.76. The summed E-state index contributed by atoms with van der Waals surface area (Å²) in [5, 5.41) is 7.84. The lowest BCUT2D eigenvalue weighted by molar-refractivity contribution is -0.135. The molecule has 0 aliphatic heterocycles. The minimum atomic E-state index is -4.35. The Labute approximate surface area is 51.4 Å². The molecule has 0 bridgehead atoms. The van der Waals surface area contributed by atoms with Gasteiger partial charge in [-0.2, -0.15) is 13.1 Å². The van der Waals surface area contributed by atoms with E-state index in [9.17, 15) is 13.2 Å². The fraction of sp³-hybridized carbons (Fsp3) is 0.500. The normalized spacial score (nSPS) is 11.2. The topological polar surface area (TPSA) is 104 Å². The Kier molecular flexibility index (Phi) is 2.56. The number of carboxylic acid groups (broad SMARTS) is 1. The van der Waals surface area contributed by atoms with Crippen LogP contribution in [0, 0.1) is 0 Å². The Bertz CT molecular complexity index is 193. The number of hydrogen-bond donors (Lipinski definition) is 3. The highest BCUT2D eigenvalue weighted by atomic mass is 32.2. The zero-order chi connectivity index (χ0) is 7.49. The molecule has 0 aliphatic carbocycles. The van der Waals surface area contributed by atoms with E-state index in [2.05, 4.69) is 0 Å². The van der Waals surface area contributed by atoms with Gasteiger partial charge >= 0.3 is 16.3 Å². The van der Waals surface area contributed by atoms with Crippen molar-refractivity contribution in [3.05, 3.63) is 0 Å². The molecule has 0 radical (unpaired) electrons. The van der Waals surface area contributed by atoms with Gasteiger partial charge in [0.1, 0.15) is 6.54 Å². The summed E-state index contributed by atoms with van der Waals surface area (Å²) >= 11 is 0. The number of hydrogen-bond acceptors (Lipinski definition) is 3. The van der Waals surface area contributed by atoms with Crippen molar-refractivity contribution < 1.29 is 22.9 Å². The van der Waals surface area contributed by atoms with E-state index < -0.39 is 22.8 Å². The van der Waals surface area contributed by atoms with Gasteiger partial charge in [-0.25, -0.2) is 0 Å². The SMILES string of the molecule is O=C(O)CNS(=O)(=O)O. The summed E-state index contributed by atoms with van der Waals surface area (Å²) in [5.74, 6) is -1.35. The third-order valence-electron chi connectivity index (χ3n) is 0.406. The van der Waals surface area contributed by atoms with Gasteiger partial charge in [0.25, 0.3) is 0 Å². The zero-order valence-corrected chi connectivity index (χ0v) is 5.05. The van der Waals surface area contributed by atoms with Crippen molar-refractivity contribution in [3.63, 3.8) is 0 Å². The molecule has 0 fully saturated rings. The van der Waals surface area contributed by atoms with Gasteiger partial charge < -0.3 is 5.11 Å². The van der Waals surface area contributed by atoms with E-state index in [1.165, 1.54) is 4.72 Å². The van der Waals surface area contributed by atoms with Crippen molar-refractivity contribution in [2.24, 2.45) is 0 Å². The average molecular weight is 155 g/mol. The third kappa shape index (κ3) is 7.34. The van der Waals surface area contributed by atoms with Crippen LogP contribution in [0.3, 0.4) is 0 Å². The first-order chi connectivity index (χ1) is 3.92. The number of carboxylic acids is 1. The van der Waals surface area contributed by atoms with E-state index in [-0.39, 0.29) is 0 Å². The molecule has 7 heteroatoms. The molecular formula is C2H5NO5S. The molecule has 0 amide bonds. The van der Waals surface area contributed by atoms with Crippen LogP contribution < -0.4 is 4.72 Å². The quantitative estimate of drug-likeness (QED) is 0.428. The zero-order valence-electron chi connectivity index (χ0n) is 4.23. The number of rotatable bonds is 3. The fourth-order valence-corrected chi connectivity index (χ4v) is 0.459. The van der Waals surface area contributed by atoms with Crippen LogP contribution in [0.4, 0.5) is 0 Å². The van der Waals surface area contributed by atoms with Crippen molar-refractivity contribution in [2.45, 2.75) is 0 Å². The second-order valence-corrected chi connectivity index (χ2v) is 2.43. The molecule has 0 saturated carbocycles. The summed E-state index contributed by atoms with van der Waals surface area (Å²) < 4.78 is 28.6. The Hall–Kier alpha value is -0.660. The van der Waals surface area contributed by atoms with Gasteiger partial charge in [-0.3, -0.25) is 9.35 Å². The van der Waals surface area contributed by atoms with Crippen molar-refractivity contribution in [1.82, 2.24) is 4.72 Å². The van der Waals surface area contributed by atoms with Gasteiger partial charge in [-0.05, 0) is 0 Å². The van der Waals surface area contributed by atoms with Crippen molar-refractivity contribution in [3.8, 4) is 0 Å². The molecule has 9 heavy (non-hydrogen) atoms. The highest BCUT2D eigenvalue weighted by molar-refractivity contribution is 7.83. The Balaban J connectivity index is 3.67. The van der Waals surface area contributed by atoms with Gasteiger partial charge in [-0.15, -0.1) is 0 Å². The summed E-state index contributed by atoms with van der Waals surface area (Å²) in [4.78, 5) is 9.61. The van der Waals surface area contributed by atoms with Crippen LogP contribution in [-0.2, 0) is 15.1 Å². The van der Waals surface area contributed by atoms with E-state index in [4.69, 9.17) is 9.66 Å². The highest BCUT2D eigenvalue weighted by Crippen LogP contribution is 1.69. The Morgan fingerprint density at radius 3 is 2.11 bits per heavy atom. The predicted molar refractivity (Wildman–Crippen MR) is 27.2 cm³/mol. The molecule has 0 atom stereocenters. The Morgan fingerprint density at radius 1 is 1.56 bits per heavy atom. The smallest absolute Gasteiger partial charge is 0.333 e.